The summed E-state index contributed by atoms with van der Waals surface area (Å²) < 4.78 is 12.3. The first-order valence-corrected chi connectivity index (χ1v) is 10.9. The zero-order valence-corrected chi connectivity index (χ0v) is 17.0. The number of hydrogen-bond acceptors (Lipinski definition) is 3. The van der Waals surface area contributed by atoms with E-state index in [2.05, 4.69) is 63.3 Å². The number of hydrogen-bond donors (Lipinski definition) is 0. The van der Waals surface area contributed by atoms with Crippen LogP contribution in [0.5, 0.6) is 11.5 Å². The van der Waals surface area contributed by atoms with Gasteiger partial charge in [-0.25, -0.2) is 0 Å². The van der Waals surface area contributed by atoms with E-state index in [1.807, 2.05) is 11.8 Å². The van der Waals surface area contributed by atoms with Crippen molar-refractivity contribution in [3.63, 3.8) is 0 Å². The van der Waals surface area contributed by atoms with E-state index in [0.717, 1.165) is 40.9 Å². The van der Waals surface area contributed by atoms with Crippen LogP contribution in [0.15, 0.2) is 36.4 Å². The molecule has 1 heterocycles. The molecular formula is C23H30O2S. The minimum absolute atomic E-state index is 0.270. The third-order valence-corrected chi connectivity index (χ3v) is 5.66. The maximum atomic E-state index is 6.23. The van der Waals surface area contributed by atoms with Crippen LogP contribution in [0.1, 0.15) is 52.0 Å². The van der Waals surface area contributed by atoms with E-state index in [1.54, 1.807) is 0 Å². The van der Waals surface area contributed by atoms with Gasteiger partial charge in [-0.2, -0.15) is 11.8 Å². The van der Waals surface area contributed by atoms with Crippen molar-refractivity contribution in [1.82, 2.24) is 0 Å². The van der Waals surface area contributed by atoms with Crippen molar-refractivity contribution in [1.29, 1.82) is 0 Å². The first-order chi connectivity index (χ1) is 12.6. The smallest absolute Gasteiger partial charge is 0.135 e. The molecule has 3 heteroatoms. The fraction of sp³-hybridized carbons (Fsp3) is 0.478. The fourth-order valence-electron chi connectivity index (χ4n) is 3.26. The molecular weight excluding hydrogens is 340 g/mol. The van der Waals surface area contributed by atoms with Crippen LogP contribution in [0.3, 0.4) is 0 Å². The first kappa shape index (κ1) is 19.2. The van der Waals surface area contributed by atoms with Crippen LogP contribution in [0.25, 0.3) is 16.8 Å². The molecule has 2 nitrogen and oxygen atoms in total. The Morgan fingerprint density at radius 3 is 2.69 bits per heavy atom. The summed E-state index contributed by atoms with van der Waals surface area (Å²) in [7, 11) is 0. The van der Waals surface area contributed by atoms with Crippen LogP contribution in [0, 0.1) is 0 Å². The summed E-state index contributed by atoms with van der Waals surface area (Å²) in [6, 6.07) is 10.5. The number of benzene rings is 2. The zero-order chi connectivity index (χ0) is 18.4. The number of thioether (sulfide) groups is 1. The molecule has 0 amide bonds. The van der Waals surface area contributed by atoms with Crippen LogP contribution < -0.4 is 9.47 Å². The molecule has 0 aromatic heterocycles. The number of fused-ring (bicyclic) bond motifs is 3. The maximum absolute atomic E-state index is 6.23. The molecule has 2 aromatic rings. The summed E-state index contributed by atoms with van der Waals surface area (Å²) in [4.78, 5) is 0. The van der Waals surface area contributed by atoms with Crippen molar-refractivity contribution in [2.75, 3.05) is 18.1 Å². The zero-order valence-electron chi connectivity index (χ0n) is 16.2. The van der Waals surface area contributed by atoms with Gasteiger partial charge in [0, 0.05) is 16.3 Å². The highest BCUT2D eigenvalue weighted by Crippen LogP contribution is 2.40. The molecule has 0 aliphatic carbocycles. The van der Waals surface area contributed by atoms with E-state index in [4.69, 9.17) is 9.47 Å². The van der Waals surface area contributed by atoms with Crippen molar-refractivity contribution in [2.24, 2.45) is 0 Å². The molecule has 0 saturated heterocycles. The van der Waals surface area contributed by atoms with Gasteiger partial charge in [0.15, 0.2) is 0 Å². The van der Waals surface area contributed by atoms with Crippen LogP contribution >= 0.6 is 11.8 Å². The standard InChI is InChI=1S/C23H30O2S/c1-4-26-17-8-6-5-7-16-24-21-11-9-10-20-19(21)13-12-18-14-15-23(2,3)25-22(18)20/h9-15H,4-8,16-17H2,1-3H3. The molecule has 26 heavy (non-hydrogen) atoms. The lowest BCUT2D eigenvalue weighted by Crippen LogP contribution is -2.27. The third kappa shape index (κ3) is 4.76. The van der Waals surface area contributed by atoms with Gasteiger partial charge in [0.25, 0.3) is 0 Å². The Bertz CT molecular complexity index is 764. The van der Waals surface area contributed by atoms with Crippen molar-refractivity contribution in [3.8, 4) is 11.5 Å². The van der Waals surface area contributed by atoms with Crippen molar-refractivity contribution >= 4 is 28.6 Å². The normalized spacial score (nSPS) is 14.9. The van der Waals surface area contributed by atoms with Gasteiger partial charge in [-0.05, 0) is 56.4 Å². The summed E-state index contributed by atoms with van der Waals surface area (Å²) >= 11 is 2.03. The minimum atomic E-state index is -0.270. The number of ether oxygens (including phenoxy) is 2. The predicted octanol–water partition coefficient (Wildman–Crippen LogP) is 6.72. The molecule has 3 rings (SSSR count). The molecule has 0 saturated carbocycles. The minimum Gasteiger partial charge on any atom is -0.493 e. The second-order valence-corrected chi connectivity index (χ2v) is 8.73. The summed E-state index contributed by atoms with van der Waals surface area (Å²) in [5.74, 6) is 4.44. The summed E-state index contributed by atoms with van der Waals surface area (Å²) in [6.45, 7) is 7.18. The van der Waals surface area contributed by atoms with Gasteiger partial charge in [0.1, 0.15) is 17.1 Å². The molecule has 0 fully saturated rings. The molecule has 0 radical (unpaired) electrons. The molecule has 0 atom stereocenters. The van der Waals surface area contributed by atoms with Gasteiger partial charge in [-0.3, -0.25) is 0 Å². The highest BCUT2D eigenvalue weighted by atomic mass is 32.2. The van der Waals surface area contributed by atoms with Crippen molar-refractivity contribution in [2.45, 2.75) is 52.1 Å². The summed E-state index contributed by atoms with van der Waals surface area (Å²) in [5.41, 5.74) is 0.868. The van der Waals surface area contributed by atoms with Crippen LogP contribution in [0.4, 0.5) is 0 Å². The predicted molar refractivity (Wildman–Crippen MR) is 115 cm³/mol. The fourth-order valence-corrected chi connectivity index (χ4v) is 3.96. The molecule has 1 aliphatic heterocycles. The van der Waals surface area contributed by atoms with Gasteiger partial charge in [0.2, 0.25) is 0 Å². The Balaban J connectivity index is 1.63. The van der Waals surface area contributed by atoms with E-state index in [1.165, 1.54) is 30.8 Å². The Kier molecular flexibility index (Phi) is 6.53. The molecule has 1 aliphatic rings. The maximum Gasteiger partial charge on any atom is 0.135 e. The second kappa shape index (κ2) is 8.85. The summed E-state index contributed by atoms with van der Waals surface area (Å²) in [6.07, 6.45) is 9.24. The lowest BCUT2D eigenvalue weighted by atomic mass is 9.98. The monoisotopic (exact) mass is 370 g/mol. The van der Waals surface area contributed by atoms with E-state index >= 15 is 0 Å². The van der Waals surface area contributed by atoms with Crippen LogP contribution in [-0.4, -0.2) is 23.7 Å². The second-order valence-electron chi connectivity index (χ2n) is 7.33. The SMILES string of the molecule is CCSCCCCCCOc1cccc2c3c(ccc12)C=CC(C)(C)O3. The van der Waals surface area contributed by atoms with E-state index in [0.29, 0.717) is 0 Å². The average Bonchev–Trinajstić information content (AvgIpc) is 2.63. The lowest BCUT2D eigenvalue weighted by Gasteiger charge is -2.29. The number of rotatable bonds is 9. The van der Waals surface area contributed by atoms with Crippen LogP contribution in [-0.2, 0) is 0 Å². The average molecular weight is 371 g/mol. The van der Waals surface area contributed by atoms with Gasteiger partial charge < -0.3 is 9.47 Å². The Hall–Kier alpha value is -1.61. The van der Waals surface area contributed by atoms with E-state index < -0.39 is 0 Å². The highest BCUT2D eigenvalue weighted by Gasteiger charge is 2.23. The van der Waals surface area contributed by atoms with Gasteiger partial charge >= 0.3 is 0 Å². The Labute approximate surface area is 162 Å². The molecule has 2 aromatic carbocycles. The van der Waals surface area contributed by atoms with E-state index in [-0.39, 0.29) is 5.60 Å². The number of unbranched alkanes of at least 4 members (excludes halogenated alkanes) is 3. The lowest BCUT2D eigenvalue weighted by molar-refractivity contribution is 0.161. The molecule has 0 unspecified atom stereocenters. The van der Waals surface area contributed by atoms with Crippen LogP contribution in [0.2, 0.25) is 0 Å². The van der Waals surface area contributed by atoms with Crippen molar-refractivity contribution in [3.05, 3.63) is 42.0 Å². The largest absolute Gasteiger partial charge is 0.493 e. The van der Waals surface area contributed by atoms with E-state index in [9.17, 15) is 0 Å². The highest BCUT2D eigenvalue weighted by molar-refractivity contribution is 7.99. The quantitative estimate of drug-likeness (QED) is 0.457. The third-order valence-electron chi connectivity index (χ3n) is 4.68. The molecule has 0 N–H and O–H groups in total. The molecule has 140 valence electrons. The Morgan fingerprint density at radius 1 is 1.00 bits per heavy atom. The topological polar surface area (TPSA) is 18.5 Å². The van der Waals surface area contributed by atoms with Gasteiger partial charge in [-0.1, -0.05) is 44.0 Å². The molecule has 0 bridgehead atoms. The summed E-state index contributed by atoms with van der Waals surface area (Å²) in [5, 5.41) is 2.27. The van der Waals surface area contributed by atoms with Gasteiger partial charge in [-0.15, -0.1) is 0 Å². The molecule has 0 spiro atoms. The first-order valence-electron chi connectivity index (χ1n) is 9.75. The van der Waals surface area contributed by atoms with Crippen molar-refractivity contribution < 1.29 is 9.47 Å². The van der Waals surface area contributed by atoms with Gasteiger partial charge in [0.05, 0.1) is 6.61 Å². The Morgan fingerprint density at radius 2 is 1.85 bits per heavy atom.